The van der Waals surface area contributed by atoms with Gasteiger partial charge in [-0.1, -0.05) is 27.7 Å². The predicted molar refractivity (Wildman–Crippen MR) is 99.3 cm³/mol. The van der Waals surface area contributed by atoms with E-state index in [1.54, 1.807) is 0 Å². The molecule has 0 aromatic heterocycles. The third-order valence-electron chi connectivity index (χ3n) is 4.48. The quantitative estimate of drug-likeness (QED) is 0.746. The van der Waals surface area contributed by atoms with Crippen LogP contribution in [0.15, 0.2) is 24.3 Å². The number of nitrogens with two attached hydrogens (primary N) is 2. The van der Waals surface area contributed by atoms with Crippen LogP contribution >= 0.6 is 0 Å². The Bertz CT molecular complexity index is 633. The van der Waals surface area contributed by atoms with Crippen LogP contribution in [-0.4, -0.2) is 0 Å². The van der Waals surface area contributed by atoms with E-state index in [0.717, 1.165) is 48.6 Å². The summed E-state index contributed by atoms with van der Waals surface area (Å²) in [5, 5.41) is 0. The van der Waals surface area contributed by atoms with Crippen LogP contribution in [0.2, 0.25) is 0 Å². The topological polar surface area (TPSA) is 61.3 Å². The molecule has 0 atom stereocenters. The standard InChI is InChI=1S/C20H28N2O/c1-5-13-15(7-3)19(11-9-17(13)21)23-20-12-10-18(22)14(6-2)16(20)8-4/h9-12H,5-8,21-22H2,1-4H3. The lowest BCUT2D eigenvalue weighted by molar-refractivity contribution is 0.469. The zero-order valence-corrected chi connectivity index (χ0v) is 14.7. The molecule has 3 heteroatoms. The van der Waals surface area contributed by atoms with Gasteiger partial charge in [0.15, 0.2) is 0 Å². The summed E-state index contributed by atoms with van der Waals surface area (Å²) in [6, 6.07) is 7.84. The summed E-state index contributed by atoms with van der Waals surface area (Å²) in [4.78, 5) is 0. The average molecular weight is 312 g/mol. The molecule has 0 spiro atoms. The maximum absolute atomic E-state index is 6.31. The summed E-state index contributed by atoms with van der Waals surface area (Å²) in [6.45, 7) is 8.54. The van der Waals surface area contributed by atoms with Gasteiger partial charge in [-0.25, -0.2) is 0 Å². The zero-order valence-electron chi connectivity index (χ0n) is 14.7. The number of hydrogen-bond donors (Lipinski definition) is 2. The van der Waals surface area contributed by atoms with Gasteiger partial charge in [-0.3, -0.25) is 0 Å². The molecular weight excluding hydrogens is 284 g/mol. The Morgan fingerprint density at radius 3 is 1.26 bits per heavy atom. The molecule has 0 saturated carbocycles. The Labute approximate surface area is 139 Å². The molecule has 4 N–H and O–H groups in total. The lowest BCUT2D eigenvalue weighted by Gasteiger charge is -2.19. The van der Waals surface area contributed by atoms with Crippen molar-refractivity contribution in [3.8, 4) is 11.5 Å². The summed E-state index contributed by atoms with van der Waals surface area (Å²) in [6.07, 6.45) is 3.63. The largest absolute Gasteiger partial charge is 0.457 e. The Morgan fingerprint density at radius 1 is 0.609 bits per heavy atom. The number of benzene rings is 2. The average Bonchev–Trinajstić information content (AvgIpc) is 2.56. The molecule has 0 aliphatic heterocycles. The van der Waals surface area contributed by atoms with Crippen molar-refractivity contribution < 1.29 is 4.74 Å². The van der Waals surface area contributed by atoms with E-state index in [9.17, 15) is 0 Å². The molecule has 3 nitrogen and oxygen atoms in total. The first-order valence-corrected chi connectivity index (χ1v) is 8.55. The van der Waals surface area contributed by atoms with E-state index in [2.05, 4.69) is 27.7 Å². The van der Waals surface area contributed by atoms with Gasteiger partial charge in [-0.15, -0.1) is 0 Å². The second-order valence-corrected chi connectivity index (χ2v) is 5.74. The molecule has 0 aliphatic rings. The first-order chi connectivity index (χ1) is 11.1. The van der Waals surface area contributed by atoms with E-state index in [0.29, 0.717) is 0 Å². The van der Waals surface area contributed by atoms with E-state index in [4.69, 9.17) is 16.2 Å². The van der Waals surface area contributed by atoms with Crippen LogP contribution in [0, 0.1) is 0 Å². The van der Waals surface area contributed by atoms with E-state index >= 15 is 0 Å². The van der Waals surface area contributed by atoms with Gasteiger partial charge in [-0.2, -0.15) is 0 Å². The fraction of sp³-hybridized carbons (Fsp3) is 0.400. The highest BCUT2D eigenvalue weighted by atomic mass is 16.5. The number of ether oxygens (including phenoxy) is 1. The lowest BCUT2D eigenvalue weighted by atomic mass is 9.98. The first kappa shape index (κ1) is 17.2. The van der Waals surface area contributed by atoms with Gasteiger partial charge in [0.2, 0.25) is 0 Å². The molecule has 2 rings (SSSR count). The Hall–Kier alpha value is -2.16. The van der Waals surface area contributed by atoms with Crippen LogP contribution in [0.1, 0.15) is 49.9 Å². The molecule has 2 aromatic rings. The van der Waals surface area contributed by atoms with Crippen LogP contribution in [0.4, 0.5) is 11.4 Å². The Kier molecular flexibility index (Phi) is 5.54. The van der Waals surface area contributed by atoms with Gasteiger partial charge in [-0.05, 0) is 72.2 Å². The highest BCUT2D eigenvalue weighted by Crippen LogP contribution is 2.36. The molecule has 0 fully saturated rings. The number of anilines is 2. The van der Waals surface area contributed by atoms with Crippen molar-refractivity contribution in [3.63, 3.8) is 0 Å². The molecule has 0 bridgehead atoms. The predicted octanol–water partition coefficient (Wildman–Crippen LogP) is 4.89. The van der Waals surface area contributed by atoms with E-state index in [1.807, 2.05) is 24.3 Å². The molecule has 0 aliphatic carbocycles. The van der Waals surface area contributed by atoms with Crippen LogP contribution in [0.5, 0.6) is 11.5 Å². The normalized spacial score (nSPS) is 10.8. The number of hydrogen-bond acceptors (Lipinski definition) is 3. The maximum Gasteiger partial charge on any atom is 0.131 e. The van der Waals surface area contributed by atoms with Crippen molar-refractivity contribution in [1.29, 1.82) is 0 Å². The zero-order chi connectivity index (χ0) is 17.0. The third-order valence-corrected chi connectivity index (χ3v) is 4.48. The Morgan fingerprint density at radius 2 is 0.957 bits per heavy atom. The summed E-state index contributed by atoms with van der Waals surface area (Å²) >= 11 is 0. The van der Waals surface area contributed by atoms with Crippen LogP contribution in [-0.2, 0) is 25.7 Å². The molecule has 0 saturated heterocycles. The number of rotatable bonds is 6. The number of nitrogen functional groups attached to an aromatic ring is 2. The highest BCUT2D eigenvalue weighted by molar-refractivity contribution is 5.60. The lowest BCUT2D eigenvalue weighted by Crippen LogP contribution is -2.04. The van der Waals surface area contributed by atoms with Gasteiger partial charge in [0.25, 0.3) is 0 Å². The van der Waals surface area contributed by atoms with Gasteiger partial charge in [0, 0.05) is 11.4 Å². The molecule has 23 heavy (non-hydrogen) atoms. The smallest absolute Gasteiger partial charge is 0.131 e. The molecule has 0 radical (unpaired) electrons. The van der Waals surface area contributed by atoms with Crippen LogP contribution < -0.4 is 16.2 Å². The summed E-state index contributed by atoms with van der Waals surface area (Å²) < 4.78 is 6.31. The molecule has 0 unspecified atom stereocenters. The third kappa shape index (κ3) is 3.29. The first-order valence-electron chi connectivity index (χ1n) is 8.55. The van der Waals surface area contributed by atoms with Crippen molar-refractivity contribution in [2.75, 3.05) is 11.5 Å². The van der Waals surface area contributed by atoms with E-state index in [-0.39, 0.29) is 0 Å². The molecule has 124 valence electrons. The fourth-order valence-electron chi connectivity index (χ4n) is 3.30. The summed E-state index contributed by atoms with van der Waals surface area (Å²) in [5.41, 5.74) is 18.7. The highest BCUT2D eigenvalue weighted by Gasteiger charge is 2.15. The minimum Gasteiger partial charge on any atom is -0.457 e. The second kappa shape index (κ2) is 7.40. The summed E-state index contributed by atoms with van der Waals surface area (Å²) in [7, 11) is 0. The monoisotopic (exact) mass is 312 g/mol. The van der Waals surface area contributed by atoms with Crippen LogP contribution in [0.3, 0.4) is 0 Å². The van der Waals surface area contributed by atoms with Gasteiger partial charge < -0.3 is 16.2 Å². The van der Waals surface area contributed by atoms with Gasteiger partial charge >= 0.3 is 0 Å². The molecular formula is C20H28N2O. The maximum atomic E-state index is 6.31. The van der Waals surface area contributed by atoms with Gasteiger partial charge in [0.1, 0.15) is 11.5 Å². The SMILES string of the molecule is CCc1c(N)ccc(Oc2ccc(N)c(CC)c2CC)c1CC. The van der Waals surface area contributed by atoms with Crippen molar-refractivity contribution in [1.82, 2.24) is 0 Å². The minimum atomic E-state index is 0.846. The second-order valence-electron chi connectivity index (χ2n) is 5.74. The van der Waals surface area contributed by atoms with Crippen molar-refractivity contribution in [2.24, 2.45) is 0 Å². The minimum absolute atomic E-state index is 0.846. The van der Waals surface area contributed by atoms with Gasteiger partial charge in [0.05, 0.1) is 0 Å². The molecule has 2 aromatic carbocycles. The van der Waals surface area contributed by atoms with E-state index in [1.165, 1.54) is 22.3 Å². The van der Waals surface area contributed by atoms with Crippen molar-refractivity contribution in [3.05, 3.63) is 46.5 Å². The van der Waals surface area contributed by atoms with E-state index < -0.39 is 0 Å². The van der Waals surface area contributed by atoms with Crippen molar-refractivity contribution >= 4 is 11.4 Å². The van der Waals surface area contributed by atoms with Crippen molar-refractivity contribution in [2.45, 2.75) is 53.4 Å². The Balaban J connectivity index is 2.52. The molecule has 0 amide bonds. The van der Waals surface area contributed by atoms with Crippen LogP contribution in [0.25, 0.3) is 0 Å². The fourth-order valence-corrected chi connectivity index (χ4v) is 3.30. The molecule has 0 heterocycles. The summed E-state index contributed by atoms with van der Waals surface area (Å²) in [5.74, 6) is 1.81.